The van der Waals surface area contributed by atoms with Gasteiger partial charge in [-0.25, -0.2) is 0 Å². The van der Waals surface area contributed by atoms with Crippen LogP contribution >= 0.6 is 0 Å². The van der Waals surface area contributed by atoms with Crippen molar-refractivity contribution in [3.63, 3.8) is 0 Å². The van der Waals surface area contributed by atoms with Crippen molar-refractivity contribution in [2.75, 3.05) is 19.6 Å². The molecule has 2 heteroatoms. The number of rotatable bonds is 6. The van der Waals surface area contributed by atoms with Crippen molar-refractivity contribution in [1.82, 2.24) is 10.6 Å². The summed E-state index contributed by atoms with van der Waals surface area (Å²) in [5.41, 5.74) is 0.458. The maximum absolute atomic E-state index is 3.66. The molecule has 1 rings (SSSR count). The van der Waals surface area contributed by atoms with Crippen molar-refractivity contribution in [2.45, 2.75) is 59.4 Å². The molecule has 96 valence electrons. The molecule has 0 amide bonds. The zero-order valence-corrected chi connectivity index (χ0v) is 11.6. The Balaban J connectivity index is 2.25. The minimum atomic E-state index is 0.458. The molecule has 1 unspecified atom stereocenters. The number of nitrogens with one attached hydrogen (secondary N) is 2. The fraction of sp³-hybridized carbons (Fsp3) is 1.00. The third-order valence-corrected chi connectivity index (χ3v) is 4.27. The minimum absolute atomic E-state index is 0.458. The van der Waals surface area contributed by atoms with Gasteiger partial charge in [-0.1, -0.05) is 40.5 Å². The van der Waals surface area contributed by atoms with Crippen molar-refractivity contribution < 1.29 is 0 Å². The normalized spacial score (nSPS) is 24.9. The van der Waals surface area contributed by atoms with Gasteiger partial charge in [0.25, 0.3) is 0 Å². The molecule has 0 aromatic carbocycles. The average molecular weight is 226 g/mol. The van der Waals surface area contributed by atoms with Crippen LogP contribution in [0.3, 0.4) is 0 Å². The smallest absolute Gasteiger partial charge is 0.0243 e. The highest BCUT2D eigenvalue weighted by Crippen LogP contribution is 2.29. The molecule has 1 atom stereocenters. The van der Waals surface area contributed by atoms with E-state index in [2.05, 4.69) is 38.3 Å². The molecule has 0 spiro atoms. The van der Waals surface area contributed by atoms with Gasteiger partial charge in [-0.05, 0) is 37.3 Å². The topological polar surface area (TPSA) is 24.1 Å². The van der Waals surface area contributed by atoms with Gasteiger partial charge in [0.2, 0.25) is 0 Å². The van der Waals surface area contributed by atoms with Crippen molar-refractivity contribution >= 4 is 0 Å². The van der Waals surface area contributed by atoms with Crippen LogP contribution in [-0.2, 0) is 0 Å². The van der Waals surface area contributed by atoms with Gasteiger partial charge in [-0.15, -0.1) is 0 Å². The van der Waals surface area contributed by atoms with Crippen LogP contribution in [0.25, 0.3) is 0 Å². The van der Waals surface area contributed by atoms with E-state index in [1.54, 1.807) is 0 Å². The van der Waals surface area contributed by atoms with Crippen LogP contribution in [0.2, 0.25) is 0 Å². The Hall–Kier alpha value is -0.0800. The van der Waals surface area contributed by atoms with Crippen LogP contribution in [0.4, 0.5) is 0 Å². The van der Waals surface area contributed by atoms with E-state index in [9.17, 15) is 0 Å². The standard InChI is InChI=1S/C14H30N2/c1-5-12(6-2)10-15-11-13-14(3,4)8-7-9-16-13/h12-13,15-16H,5-11H2,1-4H3. The van der Waals surface area contributed by atoms with Crippen LogP contribution in [0.15, 0.2) is 0 Å². The second-order valence-corrected chi connectivity index (χ2v) is 5.94. The third kappa shape index (κ3) is 4.06. The lowest BCUT2D eigenvalue weighted by atomic mass is 9.77. The van der Waals surface area contributed by atoms with Crippen LogP contribution < -0.4 is 10.6 Å². The molecule has 1 saturated heterocycles. The van der Waals surface area contributed by atoms with Gasteiger partial charge in [0.1, 0.15) is 0 Å². The second kappa shape index (κ2) is 6.61. The summed E-state index contributed by atoms with van der Waals surface area (Å²) in [6.45, 7) is 12.9. The minimum Gasteiger partial charge on any atom is -0.315 e. The van der Waals surface area contributed by atoms with Gasteiger partial charge in [0, 0.05) is 12.6 Å². The first-order chi connectivity index (χ1) is 7.60. The van der Waals surface area contributed by atoms with Crippen LogP contribution in [0.5, 0.6) is 0 Å². The van der Waals surface area contributed by atoms with E-state index >= 15 is 0 Å². The van der Waals surface area contributed by atoms with Crippen LogP contribution in [0.1, 0.15) is 53.4 Å². The van der Waals surface area contributed by atoms with E-state index in [0.29, 0.717) is 11.5 Å². The Morgan fingerprint density at radius 1 is 1.31 bits per heavy atom. The van der Waals surface area contributed by atoms with E-state index in [0.717, 1.165) is 12.5 Å². The Labute approximate surface area is 102 Å². The molecule has 1 heterocycles. The summed E-state index contributed by atoms with van der Waals surface area (Å²) >= 11 is 0. The average Bonchev–Trinajstić information content (AvgIpc) is 2.26. The summed E-state index contributed by atoms with van der Waals surface area (Å²) in [6.07, 6.45) is 5.28. The molecule has 0 saturated carbocycles. The summed E-state index contributed by atoms with van der Waals surface area (Å²) in [4.78, 5) is 0. The summed E-state index contributed by atoms with van der Waals surface area (Å²) in [6, 6.07) is 0.649. The van der Waals surface area contributed by atoms with Crippen molar-refractivity contribution in [3.8, 4) is 0 Å². The Morgan fingerprint density at radius 3 is 2.56 bits per heavy atom. The van der Waals surface area contributed by atoms with Crippen molar-refractivity contribution in [3.05, 3.63) is 0 Å². The van der Waals surface area contributed by atoms with Crippen molar-refractivity contribution in [1.29, 1.82) is 0 Å². The van der Waals surface area contributed by atoms with Crippen molar-refractivity contribution in [2.24, 2.45) is 11.3 Å². The van der Waals surface area contributed by atoms with E-state index in [4.69, 9.17) is 0 Å². The number of hydrogen-bond acceptors (Lipinski definition) is 2. The second-order valence-electron chi connectivity index (χ2n) is 5.94. The Bertz CT molecular complexity index is 185. The lowest BCUT2D eigenvalue weighted by Crippen LogP contribution is -2.52. The first-order valence-corrected chi connectivity index (χ1v) is 7.04. The van der Waals surface area contributed by atoms with E-state index in [1.165, 1.54) is 38.8 Å². The summed E-state index contributed by atoms with van der Waals surface area (Å²) < 4.78 is 0. The zero-order valence-electron chi connectivity index (χ0n) is 11.6. The molecule has 16 heavy (non-hydrogen) atoms. The van der Waals surface area contributed by atoms with Gasteiger partial charge >= 0.3 is 0 Å². The van der Waals surface area contributed by atoms with E-state index in [-0.39, 0.29) is 0 Å². The molecule has 1 aliphatic heterocycles. The molecule has 0 aliphatic carbocycles. The fourth-order valence-electron chi connectivity index (χ4n) is 2.63. The highest BCUT2D eigenvalue weighted by Gasteiger charge is 2.31. The predicted octanol–water partition coefficient (Wildman–Crippen LogP) is 2.79. The Morgan fingerprint density at radius 2 is 2.00 bits per heavy atom. The van der Waals surface area contributed by atoms with E-state index in [1.807, 2.05) is 0 Å². The highest BCUT2D eigenvalue weighted by molar-refractivity contribution is 4.89. The summed E-state index contributed by atoms with van der Waals surface area (Å²) in [5, 5.41) is 7.31. The highest BCUT2D eigenvalue weighted by atomic mass is 15.0. The molecule has 0 bridgehead atoms. The molecule has 1 fully saturated rings. The van der Waals surface area contributed by atoms with Gasteiger partial charge < -0.3 is 10.6 Å². The van der Waals surface area contributed by atoms with Gasteiger partial charge in [0.15, 0.2) is 0 Å². The first kappa shape index (κ1) is 14.0. The quantitative estimate of drug-likeness (QED) is 0.728. The van der Waals surface area contributed by atoms with E-state index < -0.39 is 0 Å². The molecule has 1 aliphatic rings. The lowest BCUT2D eigenvalue weighted by molar-refractivity contribution is 0.174. The molecular formula is C14H30N2. The molecule has 2 nitrogen and oxygen atoms in total. The van der Waals surface area contributed by atoms with Gasteiger partial charge in [0.05, 0.1) is 0 Å². The molecule has 0 radical (unpaired) electrons. The molecular weight excluding hydrogens is 196 g/mol. The lowest BCUT2D eigenvalue weighted by Gasteiger charge is -2.39. The summed E-state index contributed by atoms with van der Waals surface area (Å²) in [7, 11) is 0. The SMILES string of the molecule is CCC(CC)CNCC1NCCCC1(C)C. The zero-order chi connectivity index (χ0) is 12.0. The monoisotopic (exact) mass is 226 g/mol. The maximum atomic E-state index is 3.66. The fourth-order valence-corrected chi connectivity index (χ4v) is 2.63. The largest absolute Gasteiger partial charge is 0.315 e. The molecule has 2 N–H and O–H groups in total. The number of piperidine rings is 1. The maximum Gasteiger partial charge on any atom is 0.0243 e. The van der Waals surface area contributed by atoms with Gasteiger partial charge in [-0.2, -0.15) is 0 Å². The van der Waals surface area contributed by atoms with Gasteiger partial charge in [-0.3, -0.25) is 0 Å². The molecule has 0 aromatic rings. The predicted molar refractivity (Wildman–Crippen MR) is 71.7 cm³/mol. The van der Waals surface area contributed by atoms with Crippen LogP contribution in [0, 0.1) is 11.3 Å². The summed E-state index contributed by atoms with van der Waals surface area (Å²) in [5.74, 6) is 0.853. The third-order valence-electron chi connectivity index (χ3n) is 4.27. The number of hydrogen-bond donors (Lipinski definition) is 2. The molecule has 0 aromatic heterocycles. The van der Waals surface area contributed by atoms with Crippen LogP contribution in [-0.4, -0.2) is 25.7 Å². The Kier molecular flexibility index (Phi) is 5.77. The first-order valence-electron chi connectivity index (χ1n) is 7.04.